The standard InChI is InChI=1S/C43H82NO4/c1-4-6-8-10-12-14-16-18-20-22-24-26-28-30-32-34-43(45)48-42(40-44(3)35-38-46-39-36-44)41-47-37-33-31-29-27-25-23-21-19-17-15-13-11-9-7-5-2/h18-21,42H,4-17,22-41H2,1-3H3/q+1. The maximum Gasteiger partial charge on any atom is 0.306 e. The van der Waals surface area contributed by atoms with Gasteiger partial charge < -0.3 is 18.7 Å². The van der Waals surface area contributed by atoms with Gasteiger partial charge in [-0.25, -0.2) is 0 Å². The second-order valence-corrected chi connectivity index (χ2v) is 15.0. The van der Waals surface area contributed by atoms with Gasteiger partial charge in [-0.15, -0.1) is 0 Å². The number of likely N-dealkylation sites (N-methyl/N-ethyl adjacent to an activating group) is 1. The molecule has 1 atom stereocenters. The molecule has 1 aliphatic heterocycles. The molecule has 1 aliphatic rings. The van der Waals surface area contributed by atoms with Crippen molar-refractivity contribution in [3.05, 3.63) is 24.3 Å². The average Bonchev–Trinajstić information content (AvgIpc) is 3.08. The van der Waals surface area contributed by atoms with Crippen LogP contribution >= 0.6 is 0 Å². The number of hydrogen-bond donors (Lipinski definition) is 0. The highest BCUT2D eigenvalue weighted by Gasteiger charge is 2.31. The summed E-state index contributed by atoms with van der Waals surface area (Å²) in [7, 11) is 2.26. The molecule has 1 heterocycles. The number of esters is 1. The van der Waals surface area contributed by atoms with Crippen molar-refractivity contribution in [1.29, 1.82) is 0 Å². The summed E-state index contributed by atoms with van der Waals surface area (Å²) in [6, 6.07) is 0. The summed E-state index contributed by atoms with van der Waals surface area (Å²) in [5.74, 6) is -0.0536. The zero-order chi connectivity index (χ0) is 34.6. The number of allylic oxidation sites excluding steroid dienone is 4. The summed E-state index contributed by atoms with van der Waals surface area (Å²) < 4.78 is 18.6. The predicted octanol–water partition coefficient (Wildman–Crippen LogP) is 12.1. The number of carbonyl (C=O) groups is 1. The maximum atomic E-state index is 12.8. The fourth-order valence-electron chi connectivity index (χ4n) is 6.66. The Balaban J connectivity index is 2.12. The molecule has 48 heavy (non-hydrogen) atoms. The third-order valence-electron chi connectivity index (χ3n) is 9.99. The summed E-state index contributed by atoms with van der Waals surface area (Å²) in [5, 5.41) is 0. The minimum Gasteiger partial charge on any atom is -0.454 e. The summed E-state index contributed by atoms with van der Waals surface area (Å²) in [4.78, 5) is 12.8. The van der Waals surface area contributed by atoms with E-state index in [1.54, 1.807) is 0 Å². The van der Waals surface area contributed by atoms with Crippen molar-refractivity contribution in [2.45, 2.75) is 193 Å². The van der Waals surface area contributed by atoms with Gasteiger partial charge in [-0.2, -0.15) is 0 Å². The first-order chi connectivity index (χ1) is 23.6. The Morgan fingerprint density at radius 1 is 0.604 bits per heavy atom. The van der Waals surface area contributed by atoms with Gasteiger partial charge in [0.15, 0.2) is 6.10 Å². The van der Waals surface area contributed by atoms with E-state index < -0.39 is 0 Å². The molecule has 0 aromatic heterocycles. The Hall–Kier alpha value is -1.17. The molecule has 0 amide bonds. The molecule has 1 saturated heterocycles. The molecule has 0 bridgehead atoms. The van der Waals surface area contributed by atoms with E-state index >= 15 is 0 Å². The van der Waals surface area contributed by atoms with Crippen molar-refractivity contribution < 1.29 is 23.5 Å². The van der Waals surface area contributed by atoms with E-state index in [1.807, 2.05) is 0 Å². The summed E-state index contributed by atoms with van der Waals surface area (Å²) in [6.07, 6.45) is 43.3. The van der Waals surface area contributed by atoms with E-state index in [9.17, 15) is 4.79 Å². The lowest BCUT2D eigenvalue weighted by Crippen LogP contribution is -2.56. The quantitative estimate of drug-likeness (QED) is 0.0290. The van der Waals surface area contributed by atoms with Crippen LogP contribution in [-0.2, 0) is 19.0 Å². The molecule has 0 aliphatic carbocycles. The first-order valence-electron chi connectivity index (χ1n) is 21.1. The van der Waals surface area contributed by atoms with Crippen LogP contribution in [0.25, 0.3) is 0 Å². The Kier molecular flexibility index (Phi) is 32.0. The zero-order valence-corrected chi connectivity index (χ0v) is 32.5. The van der Waals surface area contributed by atoms with Crippen LogP contribution in [0.1, 0.15) is 187 Å². The van der Waals surface area contributed by atoms with Crippen LogP contribution in [0, 0.1) is 0 Å². The molecular formula is C43H82NO4+. The van der Waals surface area contributed by atoms with E-state index in [1.165, 1.54) is 148 Å². The lowest BCUT2D eigenvalue weighted by Gasteiger charge is -2.39. The third kappa shape index (κ3) is 29.7. The van der Waals surface area contributed by atoms with Crippen LogP contribution in [0.3, 0.4) is 0 Å². The van der Waals surface area contributed by atoms with Crippen molar-refractivity contribution >= 4 is 5.97 Å². The molecule has 0 radical (unpaired) electrons. The fraction of sp³-hybridized carbons (Fsp3) is 0.884. The lowest BCUT2D eigenvalue weighted by atomic mass is 10.1. The van der Waals surface area contributed by atoms with Crippen LogP contribution in [-0.4, -0.2) is 69.7 Å². The lowest BCUT2D eigenvalue weighted by molar-refractivity contribution is -0.919. The smallest absolute Gasteiger partial charge is 0.306 e. The molecule has 5 nitrogen and oxygen atoms in total. The van der Waals surface area contributed by atoms with Gasteiger partial charge in [0.05, 0.1) is 26.9 Å². The largest absolute Gasteiger partial charge is 0.454 e. The second-order valence-electron chi connectivity index (χ2n) is 15.0. The normalized spacial score (nSPS) is 15.5. The Morgan fingerprint density at radius 3 is 1.50 bits per heavy atom. The van der Waals surface area contributed by atoms with Crippen molar-refractivity contribution in [3.63, 3.8) is 0 Å². The number of carbonyl (C=O) groups excluding carboxylic acids is 1. The second kappa shape index (κ2) is 34.3. The molecular weight excluding hydrogens is 594 g/mol. The van der Waals surface area contributed by atoms with E-state index in [4.69, 9.17) is 14.2 Å². The minimum atomic E-state index is -0.174. The number of morpholine rings is 1. The molecule has 0 aromatic rings. The van der Waals surface area contributed by atoms with E-state index in [0.29, 0.717) is 13.0 Å². The van der Waals surface area contributed by atoms with E-state index in [2.05, 4.69) is 45.2 Å². The van der Waals surface area contributed by atoms with Gasteiger partial charge in [-0.05, 0) is 64.2 Å². The maximum absolute atomic E-state index is 12.8. The van der Waals surface area contributed by atoms with Gasteiger partial charge in [-0.1, -0.05) is 141 Å². The molecule has 0 aromatic carbocycles. The molecule has 1 unspecified atom stereocenters. The number of unbranched alkanes of at least 4 members (excludes halogenated alkanes) is 22. The average molecular weight is 677 g/mol. The molecule has 282 valence electrons. The minimum absolute atomic E-state index is 0.0536. The molecule has 5 heteroatoms. The fourth-order valence-corrected chi connectivity index (χ4v) is 6.66. The Morgan fingerprint density at radius 2 is 1.02 bits per heavy atom. The van der Waals surface area contributed by atoms with Crippen LogP contribution in [0.4, 0.5) is 0 Å². The molecule has 0 N–H and O–H groups in total. The Labute approximate surface area is 299 Å². The van der Waals surface area contributed by atoms with Gasteiger partial charge in [0.1, 0.15) is 19.6 Å². The van der Waals surface area contributed by atoms with Crippen LogP contribution < -0.4 is 0 Å². The van der Waals surface area contributed by atoms with Crippen LogP contribution in [0.2, 0.25) is 0 Å². The number of quaternary nitrogens is 1. The number of nitrogens with zero attached hydrogens (tertiary/aromatic N) is 1. The van der Waals surface area contributed by atoms with Gasteiger partial charge in [0.25, 0.3) is 0 Å². The van der Waals surface area contributed by atoms with Gasteiger partial charge in [0, 0.05) is 13.0 Å². The molecule has 0 spiro atoms. The van der Waals surface area contributed by atoms with Crippen LogP contribution in [0.5, 0.6) is 0 Å². The summed E-state index contributed by atoms with van der Waals surface area (Å²) in [5.41, 5.74) is 0. The molecule has 1 fully saturated rings. The van der Waals surface area contributed by atoms with Crippen molar-refractivity contribution in [2.24, 2.45) is 0 Å². The van der Waals surface area contributed by atoms with Crippen LogP contribution in [0.15, 0.2) is 24.3 Å². The highest BCUT2D eigenvalue weighted by molar-refractivity contribution is 5.69. The molecule has 0 saturated carbocycles. The topological polar surface area (TPSA) is 44.8 Å². The highest BCUT2D eigenvalue weighted by atomic mass is 16.6. The van der Waals surface area contributed by atoms with E-state index in [0.717, 1.165) is 63.2 Å². The number of rotatable bonds is 35. The highest BCUT2D eigenvalue weighted by Crippen LogP contribution is 2.15. The third-order valence-corrected chi connectivity index (χ3v) is 9.99. The predicted molar refractivity (Wildman–Crippen MR) is 207 cm³/mol. The molecule has 1 rings (SSSR count). The van der Waals surface area contributed by atoms with E-state index in [-0.39, 0.29) is 12.1 Å². The SMILES string of the molecule is CCCCCCCCC=CCCCCCCCOCC(C[N+]1(C)CCOCC1)OC(=O)CCCCCCCC=CCCCCCCCC. The van der Waals surface area contributed by atoms with Gasteiger partial charge >= 0.3 is 5.97 Å². The van der Waals surface area contributed by atoms with Crippen molar-refractivity contribution in [1.82, 2.24) is 0 Å². The van der Waals surface area contributed by atoms with Gasteiger partial charge in [-0.3, -0.25) is 4.79 Å². The first-order valence-corrected chi connectivity index (χ1v) is 21.1. The van der Waals surface area contributed by atoms with Crippen molar-refractivity contribution in [3.8, 4) is 0 Å². The Bertz CT molecular complexity index is 745. The van der Waals surface area contributed by atoms with Crippen molar-refractivity contribution in [2.75, 3.05) is 53.1 Å². The van der Waals surface area contributed by atoms with Gasteiger partial charge in [0.2, 0.25) is 0 Å². The number of ether oxygens (including phenoxy) is 3. The zero-order valence-electron chi connectivity index (χ0n) is 32.5. The summed E-state index contributed by atoms with van der Waals surface area (Å²) in [6.45, 7) is 10.1. The monoisotopic (exact) mass is 677 g/mol. The first kappa shape index (κ1) is 44.9. The summed E-state index contributed by atoms with van der Waals surface area (Å²) >= 11 is 0. The number of hydrogen-bond acceptors (Lipinski definition) is 4.